The van der Waals surface area contributed by atoms with Gasteiger partial charge < -0.3 is 15.1 Å². The van der Waals surface area contributed by atoms with Crippen LogP contribution in [0.25, 0.3) is 0 Å². The maximum atomic E-state index is 12.3. The van der Waals surface area contributed by atoms with Crippen LogP contribution in [0.2, 0.25) is 0 Å². The van der Waals surface area contributed by atoms with E-state index in [1.54, 1.807) is 0 Å². The second kappa shape index (κ2) is 8.13. The molecule has 0 aromatic rings. The molecule has 23 heavy (non-hydrogen) atoms. The molecule has 5 nitrogen and oxygen atoms in total. The first-order valence-corrected chi connectivity index (χ1v) is 9.48. The van der Waals surface area contributed by atoms with E-state index in [1.165, 1.54) is 38.5 Å². The van der Waals surface area contributed by atoms with Crippen molar-refractivity contribution >= 4 is 11.8 Å². The second-order valence-corrected chi connectivity index (χ2v) is 7.53. The summed E-state index contributed by atoms with van der Waals surface area (Å²) in [6, 6.07) is 0. The maximum absolute atomic E-state index is 12.3. The van der Waals surface area contributed by atoms with Gasteiger partial charge in [0.1, 0.15) is 0 Å². The molecule has 2 amide bonds. The van der Waals surface area contributed by atoms with Gasteiger partial charge in [0, 0.05) is 32.6 Å². The van der Waals surface area contributed by atoms with E-state index in [2.05, 4.69) is 5.32 Å². The van der Waals surface area contributed by atoms with Crippen molar-refractivity contribution in [2.24, 2.45) is 11.8 Å². The lowest BCUT2D eigenvalue weighted by atomic mass is 10.0. The molecule has 1 saturated heterocycles. The minimum absolute atomic E-state index is 0.184. The van der Waals surface area contributed by atoms with Crippen LogP contribution in [0.4, 0.5) is 0 Å². The molecule has 0 radical (unpaired) electrons. The number of piperazine rings is 1. The van der Waals surface area contributed by atoms with E-state index < -0.39 is 0 Å². The number of amides is 2. The highest BCUT2D eigenvalue weighted by Crippen LogP contribution is 2.29. The van der Waals surface area contributed by atoms with Gasteiger partial charge in [0.2, 0.25) is 11.8 Å². The summed E-state index contributed by atoms with van der Waals surface area (Å²) in [5, 5.41) is 3.26. The average Bonchev–Trinajstić information content (AvgIpc) is 3.25. The Labute approximate surface area is 139 Å². The Morgan fingerprint density at radius 1 is 0.826 bits per heavy atom. The number of nitrogens with one attached hydrogen (secondary N) is 1. The van der Waals surface area contributed by atoms with Gasteiger partial charge in [0.05, 0.1) is 6.54 Å². The Balaban J connectivity index is 1.30. The molecule has 1 heterocycles. The molecule has 0 aromatic heterocycles. The van der Waals surface area contributed by atoms with Crippen molar-refractivity contribution in [3.63, 3.8) is 0 Å². The van der Waals surface area contributed by atoms with Gasteiger partial charge in [0.15, 0.2) is 0 Å². The highest BCUT2D eigenvalue weighted by atomic mass is 16.2. The van der Waals surface area contributed by atoms with Gasteiger partial charge in [-0.05, 0) is 37.6 Å². The molecule has 1 aliphatic heterocycles. The summed E-state index contributed by atoms with van der Waals surface area (Å²) in [7, 11) is 0. The minimum Gasteiger partial charge on any atom is -0.339 e. The van der Waals surface area contributed by atoms with E-state index in [9.17, 15) is 9.59 Å². The zero-order valence-corrected chi connectivity index (χ0v) is 14.3. The number of carbonyl (C=O) groups is 2. The van der Waals surface area contributed by atoms with Gasteiger partial charge in [-0.3, -0.25) is 9.59 Å². The number of carbonyl (C=O) groups excluding carboxylic acids is 2. The topological polar surface area (TPSA) is 52.7 Å². The van der Waals surface area contributed by atoms with E-state index in [0.29, 0.717) is 39.1 Å². The van der Waals surface area contributed by atoms with Crippen LogP contribution in [0, 0.1) is 11.8 Å². The molecule has 0 aromatic carbocycles. The molecular weight excluding hydrogens is 290 g/mol. The molecule has 1 N–H and O–H groups in total. The molecule has 3 aliphatic rings. The van der Waals surface area contributed by atoms with Gasteiger partial charge in [-0.2, -0.15) is 0 Å². The predicted octanol–water partition coefficient (Wildman–Crippen LogP) is 1.63. The summed E-state index contributed by atoms with van der Waals surface area (Å²) in [6.07, 6.45) is 9.67. The molecule has 2 saturated carbocycles. The molecule has 0 bridgehead atoms. The monoisotopic (exact) mass is 321 g/mol. The smallest absolute Gasteiger partial charge is 0.236 e. The largest absolute Gasteiger partial charge is 0.339 e. The molecule has 2 aliphatic carbocycles. The third kappa shape index (κ3) is 5.20. The molecular formula is C18H31N3O2. The third-order valence-electron chi connectivity index (χ3n) is 5.63. The van der Waals surface area contributed by atoms with Gasteiger partial charge in [-0.15, -0.1) is 0 Å². The van der Waals surface area contributed by atoms with E-state index in [-0.39, 0.29) is 11.8 Å². The first-order chi connectivity index (χ1) is 11.2. The van der Waals surface area contributed by atoms with Crippen molar-refractivity contribution in [2.75, 3.05) is 39.3 Å². The van der Waals surface area contributed by atoms with Crippen molar-refractivity contribution in [1.29, 1.82) is 0 Å². The molecule has 3 fully saturated rings. The third-order valence-corrected chi connectivity index (χ3v) is 5.63. The SMILES string of the molecule is O=C(CCC1CCCC1)N1CCN(C(=O)CNCC2CC2)CC1. The van der Waals surface area contributed by atoms with Crippen LogP contribution in [-0.4, -0.2) is 60.9 Å². The number of hydrogen-bond donors (Lipinski definition) is 1. The molecule has 0 unspecified atom stereocenters. The Bertz CT molecular complexity index is 408. The first kappa shape index (κ1) is 16.7. The Kier molecular flexibility index (Phi) is 5.92. The number of rotatable bonds is 7. The molecule has 5 heteroatoms. The Morgan fingerprint density at radius 2 is 1.43 bits per heavy atom. The summed E-state index contributed by atoms with van der Waals surface area (Å²) in [5.74, 6) is 2.05. The summed E-state index contributed by atoms with van der Waals surface area (Å²) in [5.41, 5.74) is 0. The Hall–Kier alpha value is -1.10. The lowest BCUT2D eigenvalue weighted by Crippen LogP contribution is -2.52. The van der Waals surface area contributed by atoms with E-state index >= 15 is 0 Å². The van der Waals surface area contributed by atoms with E-state index in [4.69, 9.17) is 0 Å². The van der Waals surface area contributed by atoms with E-state index in [0.717, 1.165) is 24.8 Å². The first-order valence-electron chi connectivity index (χ1n) is 9.48. The number of nitrogens with zero attached hydrogens (tertiary/aromatic N) is 2. The van der Waals surface area contributed by atoms with Gasteiger partial charge in [-0.1, -0.05) is 25.7 Å². The minimum atomic E-state index is 0.184. The van der Waals surface area contributed by atoms with Crippen LogP contribution in [0.1, 0.15) is 51.4 Å². The maximum Gasteiger partial charge on any atom is 0.236 e. The lowest BCUT2D eigenvalue weighted by molar-refractivity contribution is -0.139. The molecule has 0 spiro atoms. The van der Waals surface area contributed by atoms with Gasteiger partial charge in [-0.25, -0.2) is 0 Å². The van der Waals surface area contributed by atoms with Crippen LogP contribution >= 0.6 is 0 Å². The predicted molar refractivity (Wildman–Crippen MR) is 89.9 cm³/mol. The van der Waals surface area contributed by atoms with Crippen LogP contribution in [0.15, 0.2) is 0 Å². The zero-order valence-electron chi connectivity index (χ0n) is 14.3. The normalized spacial score (nSPS) is 22.6. The molecule has 130 valence electrons. The fourth-order valence-electron chi connectivity index (χ4n) is 3.81. The van der Waals surface area contributed by atoms with Crippen molar-refractivity contribution in [3.05, 3.63) is 0 Å². The van der Waals surface area contributed by atoms with Crippen LogP contribution in [0.3, 0.4) is 0 Å². The van der Waals surface area contributed by atoms with Gasteiger partial charge in [0.25, 0.3) is 0 Å². The summed E-state index contributed by atoms with van der Waals surface area (Å²) in [6.45, 7) is 4.23. The Morgan fingerprint density at radius 3 is 2.04 bits per heavy atom. The van der Waals surface area contributed by atoms with Crippen molar-refractivity contribution in [2.45, 2.75) is 51.4 Å². The van der Waals surface area contributed by atoms with Crippen LogP contribution < -0.4 is 5.32 Å². The fraction of sp³-hybridized carbons (Fsp3) is 0.889. The van der Waals surface area contributed by atoms with Gasteiger partial charge >= 0.3 is 0 Å². The average molecular weight is 321 g/mol. The standard InChI is InChI=1S/C18H31N3O2/c22-17(8-7-15-3-1-2-4-15)20-9-11-21(12-10-20)18(23)14-19-13-16-5-6-16/h15-16,19H,1-14H2. The highest BCUT2D eigenvalue weighted by molar-refractivity contribution is 5.79. The van der Waals surface area contributed by atoms with Crippen LogP contribution in [-0.2, 0) is 9.59 Å². The zero-order chi connectivity index (χ0) is 16.1. The van der Waals surface area contributed by atoms with Crippen LogP contribution in [0.5, 0.6) is 0 Å². The van der Waals surface area contributed by atoms with Crippen molar-refractivity contribution in [1.82, 2.24) is 15.1 Å². The quantitative estimate of drug-likeness (QED) is 0.775. The molecule has 0 atom stereocenters. The van der Waals surface area contributed by atoms with Crippen molar-refractivity contribution in [3.8, 4) is 0 Å². The summed E-state index contributed by atoms with van der Waals surface area (Å²) < 4.78 is 0. The lowest BCUT2D eigenvalue weighted by Gasteiger charge is -2.35. The second-order valence-electron chi connectivity index (χ2n) is 7.53. The number of hydrogen-bond acceptors (Lipinski definition) is 3. The summed E-state index contributed by atoms with van der Waals surface area (Å²) >= 11 is 0. The fourth-order valence-corrected chi connectivity index (χ4v) is 3.81. The van der Waals surface area contributed by atoms with Crippen molar-refractivity contribution < 1.29 is 9.59 Å². The molecule has 3 rings (SSSR count). The summed E-state index contributed by atoms with van der Waals surface area (Å²) in [4.78, 5) is 28.3. The van der Waals surface area contributed by atoms with E-state index in [1.807, 2.05) is 9.80 Å². The highest BCUT2D eigenvalue weighted by Gasteiger charge is 2.25.